The highest BCUT2D eigenvalue weighted by Gasteiger charge is 2.26. The van der Waals surface area contributed by atoms with Crippen molar-refractivity contribution >= 4 is 29.6 Å². The van der Waals surface area contributed by atoms with E-state index < -0.39 is 41.5 Å². The minimum atomic E-state index is -1.01. The fourth-order valence-electron chi connectivity index (χ4n) is 4.30. The van der Waals surface area contributed by atoms with Crippen molar-refractivity contribution < 1.29 is 28.7 Å². The Morgan fingerprint density at radius 3 is 2.14 bits per heavy atom. The molecule has 0 aliphatic rings. The Balaban J connectivity index is 1.82. The summed E-state index contributed by atoms with van der Waals surface area (Å²) < 4.78 is 11.5. The predicted molar refractivity (Wildman–Crippen MR) is 156 cm³/mol. The van der Waals surface area contributed by atoms with Gasteiger partial charge in [0.25, 0.3) is 5.56 Å². The van der Waals surface area contributed by atoms with Crippen LogP contribution in [0.2, 0.25) is 0 Å². The Kier molecular flexibility index (Phi) is 12.3. The first-order valence-corrected chi connectivity index (χ1v) is 13.7. The van der Waals surface area contributed by atoms with Gasteiger partial charge in [0.05, 0.1) is 6.61 Å². The summed E-state index contributed by atoms with van der Waals surface area (Å²) in [6.07, 6.45) is 1.28. The summed E-state index contributed by atoms with van der Waals surface area (Å²) in [5.41, 5.74) is 6.24. The van der Waals surface area contributed by atoms with Crippen molar-refractivity contribution in [1.29, 1.82) is 0 Å². The van der Waals surface area contributed by atoms with Crippen molar-refractivity contribution in [1.82, 2.24) is 9.88 Å². The van der Waals surface area contributed by atoms with Gasteiger partial charge < -0.3 is 25.1 Å². The minimum absolute atomic E-state index is 0.00156. The Morgan fingerprint density at radius 2 is 1.50 bits per heavy atom. The summed E-state index contributed by atoms with van der Waals surface area (Å²) >= 11 is 0. The van der Waals surface area contributed by atoms with Gasteiger partial charge in [-0.1, -0.05) is 60.7 Å². The van der Waals surface area contributed by atoms with Crippen molar-refractivity contribution in [3.05, 3.63) is 100 Å². The van der Waals surface area contributed by atoms with Crippen LogP contribution in [-0.2, 0) is 36.9 Å². The van der Waals surface area contributed by atoms with Crippen LogP contribution in [0.5, 0.6) is 0 Å². The number of carbonyl (C=O) groups is 4. The highest BCUT2D eigenvalue weighted by molar-refractivity contribution is 5.85. The molecule has 2 atom stereocenters. The van der Waals surface area contributed by atoms with Gasteiger partial charge in [-0.05, 0) is 43.0 Å². The quantitative estimate of drug-likeness (QED) is 0.234. The number of esters is 1. The minimum Gasteiger partial charge on any atom is -0.466 e. The maximum absolute atomic E-state index is 13.7. The Hall–Kier alpha value is -4.93. The number of nitrogens with two attached hydrogens (primary N) is 1. The van der Waals surface area contributed by atoms with Gasteiger partial charge in [-0.2, -0.15) is 0 Å². The summed E-state index contributed by atoms with van der Waals surface area (Å²) in [5.74, 6) is -1.46. The largest absolute Gasteiger partial charge is 0.466 e. The number of nitrogens with zero attached hydrogens (tertiary/aromatic N) is 1. The number of hydrogen-bond donors (Lipinski definition) is 3. The van der Waals surface area contributed by atoms with Gasteiger partial charge in [0.15, 0.2) is 0 Å². The van der Waals surface area contributed by atoms with Gasteiger partial charge in [0, 0.05) is 31.5 Å². The molecule has 1 aromatic heterocycles. The summed E-state index contributed by atoms with van der Waals surface area (Å²) in [6, 6.07) is 19.6. The summed E-state index contributed by atoms with van der Waals surface area (Å²) in [7, 11) is 0. The second kappa shape index (κ2) is 16.4. The Morgan fingerprint density at radius 1 is 0.857 bits per heavy atom. The molecule has 0 aliphatic carbocycles. The van der Waals surface area contributed by atoms with E-state index in [2.05, 4.69) is 10.6 Å². The van der Waals surface area contributed by atoms with Gasteiger partial charge in [-0.15, -0.1) is 0 Å². The van der Waals surface area contributed by atoms with Crippen LogP contribution in [0.25, 0.3) is 0 Å². The van der Waals surface area contributed by atoms with Gasteiger partial charge >= 0.3 is 12.1 Å². The Bertz CT molecular complexity index is 1390. The molecule has 11 heteroatoms. The van der Waals surface area contributed by atoms with E-state index >= 15 is 0 Å². The summed E-state index contributed by atoms with van der Waals surface area (Å²) in [6.45, 7) is 1.94. The molecule has 3 aromatic rings. The number of amides is 3. The molecule has 0 saturated heterocycles. The van der Waals surface area contributed by atoms with Crippen molar-refractivity contribution in [2.24, 2.45) is 5.73 Å². The van der Waals surface area contributed by atoms with Gasteiger partial charge in [-0.25, -0.2) is 4.79 Å². The molecule has 2 aromatic carbocycles. The lowest BCUT2D eigenvalue weighted by atomic mass is 10.0. The second-order valence-electron chi connectivity index (χ2n) is 9.58. The number of pyridine rings is 1. The van der Waals surface area contributed by atoms with E-state index in [0.29, 0.717) is 0 Å². The molecule has 3 rings (SSSR count). The standard InChI is InChI=1S/C31H36N4O7/c1-2-41-28(37)18-16-24(15-17-27(32)36)33-29(38)26(20-22-10-5-3-6-11-22)35-19-9-14-25(30(35)39)34-31(40)42-21-23-12-7-4-8-13-23/h3-14,19,24,26H,2,15-18,20-21H2,1H3,(H2,32,36)(H,33,38)(H,34,40)/t24-,26+/m0/s1. The number of nitrogens with one attached hydrogen (secondary N) is 2. The van der Waals surface area contributed by atoms with E-state index in [1.54, 1.807) is 25.1 Å². The molecule has 0 radical (unpaired) electrons. The number of anilines is 1. The lowest BCUT2D eigenvalue weighted by Gasteiger charge is -2.24. The number of rotatable bonds is 15. The summed E-state index contributed by atoms with van der Waals surface area (Å²) in [5, 5.41) is 5.36. The molecule has 0 bridgehead atoms. The summed E-state index contributed by atoms with van der Waals surface area (Å²) in [4.78, 5) is 63.1. The van der Waals surface area contributed by atoms with E-state index in [0.717, 1.165) is 11.1 Å². The number of primary amides is 1. The van der Waals surface area contributed by atoms with Crippen LogP contribution in [-0.4, -0.2) is 41.1 Å². The number of hydrogen-bond acceptors (Lipinski definition) is 7. The zero-order chi connectivity index (χ0) is 30.3. The lowest BCUT2D eigenvalue weighted by Crippen LogP contribution is -2.43. The average Bonchev–Trinajstić information content (AvgIpc) is 2.98. The molecule has 0 saturated carbocycles. The smallest absolute Gasteiger partial charge is 0.412 e. The highest BCUT2D eigenvalue weighted by Crippen LogP contribution is 2.17. The maximum Gasteiger partial charge on any atom is 0.412 e. The van der Waals surface area contributed by atoms with E-state index in [1.807, 2.05) is 48.5 Å². The fourth-order valence-corrected chi connectivity index (χ4v) is 4.30. The third-order valence-corrected chi connectivity index (χ3v) is 6.42. The number of aromatic nitrogens is 1. The van der Waals surface area contributed by atoms with E-state index in [4.69, 9.17) is 15.2 Å². The van der Waals surface area contributed by atoms with Crippen molar-refractivity contribution in [3.8, 4) is 0 Å². The van der Waals surface area contributed by atoms with Gasteiger partial charge in [0.2, 0.25) is 11.8 Å². The second-order valence-corrected chi connectivity index (χ2v) is 9.58. The van der Waals surface area contributed by atoms with Crippen LogP contribution in [0.1, 0.15) is 49.8 Å². The van der Waals surface area contributed by atoms with Crippen molar-refractivity contribution in [3.63, 3.8) is 0 Å². The average molecular weight is 577 g/mol. The lowest BCUT2D eigenvalue weighted by molar-refractivity contribution is -0.143. The molecule has 1 heterocycles. The molecule has 42 heavy (non-hydrogen) atoms. The number of carbonyl (C=O) groups excluding carboxylic acids is 4. The number of ether oxygens (including phenoxy) is 2. The van der Waals surface area contributed by atoms with Crippen LogP contribution in [0.15, 0.2) is 83.8 Å². The van der Waals surface area contributed by atoms with E-state index in [-0.39, 0.29) is 51.0 Å². The van der Waals surface area contributed by atoms with Crippen molar-refractivity contribution in [2.45, 2.75) is 57.7 Å². The van der Waals surface area contributed by atoms with Crippen molar-refractivity contribution in [2.75, 3.05) is 11.9 Å². The first kappa shape index (κ1) is 31.6. The highest BCUT2D eigenvalue weighted by atomic mass is 16.5. The Labute approximate surface area is 244 Å². The normalized spacial score (nSPS) is 12.0. The molecule has 0 aliphatic heterocycles. The predicted octanol–water partition coefficient (Wildman–Crippen LogP) is 3.47. The number of benzene rings is 2. The molecule has 0 spiro atoms. The van der Waals surface area contributed by atoms with E-state index in [9.17, 15) is 24.0 Å². The van der Waals surface area contributed by atoms with Crippen LogP contribution in [0.3, 0.4) is 0 Å². The van der Waals surface area contributed by atoms with Gasteiger partial charge in [-0.3, -0.25) is 24.5 Å². The topological polar surface area (TPSA) is 159 Å². The molecular weight excluding hydrogens is 540 g/mol. The van der Waals surface area contributed by atoms with Crippen LogP contribution >= 0.6 is 0 Å². The molecule has 0 fully saturated rings. The van der Waals surface area contributed by atoms with Crippen LogP contribution < -0.4 is 21.9 Å². The van der Waals surface area contributed by atoms with Crippen LogP contribution in [0, 0.1) is 0 Å². The zero-order valence-corrected chi connectivity index (χ0v) is 23.5. The monoisotopic (exact) mass is 576 g/mol. The van der Waals surface area contributed by atoms with E-state index in [1.165, 1.54) is 16.8 Å². The third kappa shape index (κ3) is 10.2. The molecule has 11 nitrogen and oxygen atoms in total. The van der Waals surface area contributed by atoms with Gasteiger partial charge in [0.1, 0.15) is 18.3 Å². The molecular formula is C31H36N4O7. The van der Waals surface area contributed by atoms with Crippen LogP contribution in [0.4, 0.5) is 10.5 Å². The first-order chi connectivity index (χ1) is 20.3. The third-order valence-electron chi connectivity index (χ3n) is 6.42. The maximum atomic E-state index is 13.7. The molecule has 0 unspecified atom stereocenters. The molecule has 4 N–H and O–H groups in total. The molecule has 222 valence electrons. The zero-order valence-electron chi connectivity index (χ0n) is 23.5. The molecule has 3 amide bonds. The first-order valence-electron chi connectivity index (χ1n) is 13.7. The fraction of sp³-hybridized carbons (Fsp3) is 0.323. The SMILES string of the molecule is CCOC(=O)CC[C@H](CCC(N)=O)NC(=O)[C@@H](Cc1ccccc1)n1cccc(NC(=O)OCc2ccccc2)c1=O.